The van der Waals surface area contributed by atoms with E-state index in [1.807, 2.05) is 18.2 Å². The SMILES string of the molecule is O=P(O)(O)Oc1cccc2ccccc12.[K]. The largest absolute Gasteiger partial charge is 0.524 e. The summed E-state index contributed by atoms with van der Waals surface area (Å²) in [6.07, 6.45) is 0. The van der Waals surface area contributed by atoms with E-state index in [1.165, 1.54) is 6.07 Å². The predicted molar refractivity (Wildman–Crippen MR) is 62.4 cm³/mol. The van der Waals surface area contributed by atoms with Crippen molar-refractivity contribution >= 4 is 70.0 Å². The zero-order valence-corrected chi connectivity index (χ0v) is 12.7. The van der Waals surface area contributed by atoms with Gasteiger partial charge in [0.05, 0.1) is 0 Å². The Labute approximate surface area is 135 Å². The first kappa shape index (κ1) is 14.3. The zero-order chi connectivity index (χ0) is 10.9. The summed E-state index contributed by atoms with van der Waals surface area (Å²) in [5.74, 6) is 0.196. The summed E-state index contributed by atoms with van der Waals surface area (Å²) >= 11 is 0. The van der Waals surface area contributed by atoms with Crippen molar-refractivity contribution < 1.29 is 18.9 Å². The van der Waals surface area contributed by atoms with E-state index in [9.17, 15) is 4.57 Å². The van der Waals surface area contributed by atoms with Gasteiger partial charge in [0.15, 0.2) is 0 Å². The number of phosphoric acid groups is 1. The average molecular weight is 263 g/mol. The van der Waals surface area contributed by atoms with Crippen molar-refractivity contribution in [1.82, 2.24) is 0 Å². The molecule has 4 nitrogen and oxygen atoms in total. The molecule has 0 aliphatic rings. The van der Waals surface area contributed by atoms with Gasteiger partial charge >= 0.3 is 7.82 Å². The van der Waals surface area contributed by atoms with Gasteiger partial charge in [0, 0.05) is 56.8 Å². The number of fused-ring (bicyclic) bond motifs is 1. The molecule has 2 aromatic carbocycles. The molecule has 0 saturated heterocycles. The molecular weight excluding hydrogens is 254 g/mol. The third-order valence-corrected chi connectivity index (χ3v) is 2.40. The molecule has 0 aliphatic heterocycles. The van der Waals surface area contributed by atoms with Crippen LogP contribution in [0.5, 0.6) is 5.75 Å². The van der Waals surface area contributed by atoms with E-state index in [2.05, 4.69) is 4.52 Å². The summed E-state index contributed by atoms with van der Waals surface area (Å²) in [7, 11) is -4.49. The third-order valence-electron chi connectivity index (χ3n) is 1.97. The van der Waals surface area contributed by atoms with Gasteiger partial charge in [0.2, 0.25) is 0 Å². The molecule has 0 atom stereocenters. The van der Waals surface area contributed by atoms with Gasteiger partial charge in [0.25, 0.3) is 0 Å². The summed E-state index contributed by atoms with van der Waals surface area (Å²) in [6, 6.07) is 12.3. The fourth-order valence-electron chi connectivity index (χ4n) is 1.40. The van der Waals surface area contributed by atoms with Gasteiger partial charge in [-0.2, -0.15) is 0 Å². The Morgan fingerprint density at radius 3 is 2.31 bits per heavy atom. The summed E-state index contributed by atoms with van der Waals surface area (Å²) in [6.45, 7) is 0. The molecule has 0 aliphatic carbocycles. The van der Waals surface area contributed by atoms with Crippen LogP contribution in [0.15, 0.2) is 42.5 Å². The fraction of sp³-hybridized carbons (Fsp3) is 0. The fourth-order valence-corrected chi connectivity index (χ4v) is 1.82. The number of hydrogen-bond donors (Lipinski definition) is 2. The van der Waals surface area contributed by atoms with Crippen LogP contribution in [-0.2, 0) is 4.57 Å². The summed E-state index contributed by atoms with van der Waals surface area (Å²) in [5, 5.41) is 1.56. The molecule has 2 rings (SSSR count). The van der Waals surface area contributed by atoms with Crippen LogP contribution in [0.4, 0.5) is 0 Å². The van der Waals surface area contributed by atoms with E-state index < -0.39 is 7.82 Å². The van der Waals surface area contributed by atoms with Gasteiger partial charge in [-0.1, -0.05) is 36.4 Å². The van der Waals surface area contributed by atoms with Crippen molar-refractivity contribution in [2.75, 3.05) is 0 Å². The van der Waals surface area contributed by atoms with Crippen molar-refractivity contribution in [1.29, 1.82) is 0 Å². The molecule has 2 aromatic rings. The summed E-state index contributed by atoms with van der Waals surface area (Å²) in [5.41, 5.74) is 0. The van der Waals surface area contributed by atoms with Gasteiger partial charge in [-0.15, -0.1) is 0 Å². The molecule has 1 radical (unpaired) electrons. The van der Waals surface area contributed by atoms with Gasteiger partial charge in [-0.05, 0) is 11.5 Å². The molecule has 0 saturated carbocycles. The topological polar surface area (TPSA) is 66.8 Å². The normalized spacial score (nSPS) is 10.9. The van der Waals surface area contributed by atoms with E-state index in [4.69, 9.17) is 9.79 Å². The van der Waals surface area contributed by atoms with Crippen molar-refractivity contribution in [2.24, 2.45) is 0 Å². The van der Waals surface area contributed by atoms with E-state index in [0.29, 0.717) is 5.39 Å². The maximum absolute atomic E-state index is 10.7. The molecule has 0 amide bonds. The van der Waals surface area contributed by atoms with Crippen molar-refractivity contribution in [3.8, 4) is 5.75 Å². The Morgan fingerprint density at radius 2 is 1.62 bits per heavy atom. The molecule has 0 fully saturated rings. The molecule has 0 aromatic heterocycles. The van der Waals surface area contributed by atoms with Crippen LogP contribution in [0.2, 0.25) is 0 Å². The molecule has 6 heteroatoms. The van der Waals surface area contributed by atoms with Crippen LogP contribution in [0.1, 0.15) is 0 Å². The minimum absolute atomic E-state index is 0. The Balaban J connectivity index is 0.00000128. The van der Waals surface area contributed by atoms with E-state index >= 15 is 0 Å². The summed E-state index contributed by atoms with van der Waals surface area (Å²) < 4.78 is 15.3. The smallest absolute Gasteiger partial charge is 0.404 e. The minimum Gasteiger partial charge on any atom is -0.404 e. The van der Waals surface area contributed by atoms with Crippen molar-refractivity contribution in [2.45, 2.75) is 0 Å². The Bertz CT molecular complexity index is 532. The van der Waals surface area contributed by atoms with E-state index in [-0.39, 0.29) is 57.1 Å². The second kappa shape index (κ2) is 5.75. The standard InChI is InChI=1S/C10H9O4P.K/c11-15(12,13)14-10-7-3-5-8-4-1-2-6-9(8)10;/h1-7H,(H2,11,12,13);. The van der Waals surface area contributed by atoms with Gasteiger partial charge in [-0.25, -0.2) is 4.57 Å². The van der Waals surface area contributed by atoms with Crippen LogP contribution >= 0.6 is 7.82 Å². The van der Waals surface area contributed by atoms with Gasteiger partial charge < -0.3 is 4.52 Å². The molecule has 2 N–H and O–H groups in total. The van der Waals surface area contributed by atoms with Crippen molar-refractivity contribution in [3.63, 3.8) is 0 Å². The second-order valence-corrected chi connectivity index (χ2v) is 4.22. The number of hydrogen-bond acceptors (Lipinski definition) is 2. The van der Waals surface area contributed by atoms with Crippen LogP contribution in [0.25, 0.3) is 10.8 Å². The van der Waals surface area contributed by atoms with E-state index in [1.54, 1.807) is 18.2 Å². The van der Waals surface area contributed by atoms with Crippen LogP contribution < -0.4 is 4.52 Å². The predicted octanol–water partition coefficient (Wildman–Crippen LogP) is 1.93. The molecule has 0 bridgehead atoms. The van der Waals surface area contributed by atoms with Gasteiger partial charge in [-0.3, -0.25) is 9.79 Å². The molecule has 79 valence electrons. The Hall–Kier alpha value is 0.286. The van der Waals surface area contributed by atoms with Gasteiger partial charge in [0.1, 0.15) is 5.75 Å². The van der Waals surface area contributed by atoms with Crippen LogP contribution in [0.3, 0.4) is 0 Å². The maximum Gasteiger partial charge on any atom is 0.524 e. The van der Waals surface area contributed by atoms with Crippen LogP contribution in [-0.4, -0.2) is 61.2 Å². The first-order valence-corrected chi connectivity index (χ1v) is 5.82. The first-order valence-electron chi connectivity index (χ1n) is 4.29. The van der Waals surface area contributed by atoms with Crippen LogP contribution in [0, 0.1) is 0 Å². The molecule has 16 heavy (non-hydrogen) atoms. The second-order valence-electron chi connectivity index (χ2n) is 3.06. The number of benzene rings is 2. The average Bonchev–Trinajstić information content (AvgIpc) is 2.16. The number of rotatable bonds is 2. The zero-order valence-electron chi connectivity index (χ0n) is 8.70. The molecule has 0 heterocycles. The quantitative estimate of drug-likeness (QED) is 0.641. The Kier molecular flexibility index (Phi) is 5.16. The third kappa shape index (κ3) is 3.65. The van der Waals surface area contributed by atoms with E-state index in [0.717, 1.165) is 5.39 Å². The Morgan fingerprint density at radius 1 is 1.00 bits per heavy atom. The van der Waals surface area contributed by atoms with Crippen molar-refractivity contribution in [3.05, 3.63) is 42.5 Å². The minimum atomic E-state index is -4.49. The molecule has 0 spiro atoms. The maximum atomic E-state index is 10.7. The monoisotopic (exact) mass is 263 g/mol. The molecule has 0 unspecified atom stereocenters. The molecular formula is C10H9KO4P. The summed E-state index contributed by atoms with van der Waals surface area (Å²) in [4.78, 5) is 17.4. The first-order chi connectivity index (χ1) is 7.06. The number of phosphoric ester groups is 1.